The van der Waals surface area contributed by atoms with Crippen molar-refractivity contribution in [2.45, 2.75) is 6.92 Å². The Morgan fingerprint density at radius 2 is 2.07 bits per heavy atom. The van der Waals surface area contributed by atoms with Crippen molar-refractivity contribution in [3.05, 3.63) is 29.6 Å². The minimum absolute atomic E-state index is 0.0488. The minimum Gasteiger partial charge on any atom is -0.274 e. The third-order valence-corrected chi connectivity index (χ3v) is 1.96. The number of carbonyl (C=O) groups excluding carboxylic acids is 3. The SMILES string of the molecule is CC(=O)N1C(=O)c2cccnc2C1=O. The van der Waals surface area contributed by atoms with E-state index in [1.807, 2.05) is 0 Å². The largest absolute Gasteiger partial charge is 0.287 e. The van der Waals surface area contributed by atoms with Gasteiger partial charge in [-0.1, -0.05) is 0 Å². The second-order valence-corrected chi connectivity index (χ2v) is 2.86. The average molecular weight is 190 g/mol. The normalized spacial score (nSPS) is 14.5. The highest BCUT2D eigenvalue weighted by molar-refractivity contribution is 6.27. The van der Waals surface area contributed by atoms with E-state index in [0.717, 1.165) is 0 Å². The number of nitrogens with zero attached hydrogens (tertiary/aromatic N) is 2. The summed E-state index contributed by atoms with van der Waals surface area (Å²) >= 11 is 0. The number of hydrogen-bond donors (Lipinski definition) is 0. The quantitative estimate of drug-likeness (QED) is 0.549. The fourth-order valence-electron chi connectivity index (χ4n) is 1.35. The maximum atomic E-state index is 11.5. The van der Waals surface area contributed by atoms with Crippen LogP contribution in [0.3, 0.4) is 0 Å². The number of rotatable bonds is 0. The van der Waals surface area contributed by atoms with Crippen molar-refractivity contribution in [3.8, 4) is 0 Å². The van der Waals surface area contributed by atoms with Gasteiger partial charge >= 0.3 is 0 Å². The Morgan fingerprint density at radius 1 is 1.36 bits per heavy atom. The molecule has 0 aromatic carbocycles. The minimum atomic E-state index is -0.641. The summed E-state index contributed by atoms with van der Waals surface area (Å²) in [6, 6.07) is 3.03. The molecule has 2 rings (SSSR count). The van der Waals surface area contributed by atoms with Gasteiger partial charge in [0.2, 0.25) is 5.91 Å². The van der Waals surface area contributed by atoms with E-state index in [-0.39, 0.29) is 11.3 Å². The van der Waals surface area contributed by atoms with Crippen molar-refractivity contribution in [3.63, 3.8) is 0 Å². The highest BCUT2D eigenvalue weighted by Crippen LogP contribution is 2.19. The van der Waals surface area contributed by atoms with E-state index >= 15 is 0 Å². The Kier molecular flexibility index (Phi) is 1.67. The maximum Gasteiger partial charge on any atom is 0.287 e. The molecule has 0 radical (unpaired) electrons. The van der Waals surface area contributed by atoms with Crippen molar-refractivity contribution in [2.24, 2.45) is 0 Å². The summed E-state index contributed by atoms with van der Waals surface area (Å²) in [6.07, 6.45) is 1.41. The predicted octanol–water partition coefficient (Wildman–Crippen LogP) is 0.224. The monoisotopic (exact) mass is 190 g/mol. The van der Waals surface area contributed by atoms with E-state index < -0.39 is 17.7 Å². The lowest BCUT2D eigenvalue weighted by Crippen LogP contribution is -2.34. The molecule has 1 aliphatic heterocycles. The van der Waals surface area contributed by atoms with Crippen LogP contribution in [0, 0.1) is 0 Å². The van der Waals surface area contributed by atoms with Gasteiger partial charge in [-0.2, -0.15) is 0 Å². The van der Waals surface area contributed by atoms with Gasteiger partial charge in [0, 0.05) is 13.1 Å². The molecule has 0 fully saturated rings. The molecule has 1 aromatic heterocycles. The Bertz CT molecular complexity index is 418. The third kappa shape index (κ3) is 0.953. The molecule has 0 aliphatic carbocycles. The van der Waals surface area contributed by atoms with Crippen LogP contribution in [0.5, 0.6) is 0 Å². The molecule has 0 N–H and O–H groups in total. The zero-order chi connectivity index (χ0) is 10.3. The molecule has 1 aliphatic rings. The van der Waals surface area contributed by atoms with E-state index in [4.69, 9.17) is 0 Å². The van der Waals surface area contributed by atoms with Crippen LogP contribution >= 0.6 is 0 Å². The lowest BCUT2D eigenvalue weighted by atomic mass is 10.2. The van der Waals surface area contributed by atoms with E-state index in [0.29, 0.717) is 4.90 Å². The standard InChI is InChI=1S/C9H6N2O3/c1-5(12)11-8(13)6-3-2-4-10-7(6)9(11)14/h2-4H,1H3. The van der Waals surface area contributed by atoms with Gasteiger partial charge in [-0.05, 0) is 12.1 Å². The molecule has 0 spiro atoms. The lowest BCUT2D eigenvalue weighted by Gasteiger charge is -2.06. The average Bonchev–Trinajstić information content (AvgIpc) is 2.41. The Morgan fingerprint density at radius 3 is 2.64 bits per heavy atom. The summed E-state index contributed by atoms with van der Waals surface area (Å²) in [7, 11) is 0. The third-order valence-electron chi connectivity index (χ3n) is 1.96. The van der Waals surface area contributed by atoms with Gasteiger partial charge < -0.3 is 0 Å². The first kappa shape index (κ1) is 8.55. The van der Waals surface area contributed by atoms with Crippen molar-refractivity contribution in [1.82, 2.24) is 9.88 Å². The summed E-state index contributed by atoms with van der Waals surface area (Å²) < 4.78 is 0. The van der Waals surface area contributed by atoms with Crippen LogP contribution in [0.2, 0.25) is 0 Å². The number of hydrogen-bond acceptors (Lipinski definition) is 4. The molecule has 5 nitrogen and oxygen atoms in total. The molecule has 0 saturated heterocycles. The fourth-order valence-corrected chi connectivity index (χ4v) is 1.35. The van der Waals surface area contributed by atoms with Gasteiger partial charge in [0.1, 0.15) is 5.69 Å². The first-order chi connectivity index (χ1) is 6.63. The van der Waals surface area contributed by atoms with Crippen LogP contribution in [0.25, 0.3) is 0 Å². The molecule has 3 amide bonds. The van der Waals surface area contributed by atoms with E-state index in [1.165, 1.54) is 19.2 Å². The lowest BCUT2D eigenvalue weighted by molar-refractivity contribution is -0.124. The van der Waals surface area contributed by atoms with Crippen LogP contribution in [0.4, 0.5) is 0 Å². The molecule has 1 aromatic rings. The van der Waals surface area contributed by atoms with E-state index in [1.54, 1.807) is 6.07 Å². The summed E-state index contributed by atoms with van der Waals surface area (Å²) in [6.45, 7) is 1.17. The second kappa shape index (κ2) is 2.73. The smallest absolute Gasteiger partial charge is 0.274 e. The summed E-state index contributed by atoms with van der Waals surface area (Å²) in [5.74, 6) is -1.82. The fraction of sp³-hybridized carbons (Fsp3) is 0.111. The number of pyridine rings is 1. The maximum absolute atomic E-state index is 11.5. The van der Waals surface area contributed by atoms with Gasteiger partial charge in [-0.3, -0.25) is 19.4 Å². The van der Waals surface area contributed by atoms with Gasteiger partial charge in [0.25, 0.3) is 11.8 Å². The van der Waals surface area contributed by atoms with Crippen molar-refractivity contribution in [2.75, 3.05) is 0 Å². The molecule has 70 valence electrons. The number of imide groups is 3. The van der Waals surface area contributed by atoms with Crippen LogP contribution in [0.1, 0.15) is 27.8 Å². The van der Waals surface area contributed by atoms with E-state index in [9.17, 15) is 14.4 Å². The first-order valence-corrected chi connectivity index (χ1v) is 3.97. The summed E-state index contributed by atoms with van der Waals surface area (Å²) in [5.41, 5.74) is 0.236. The molecule has 0 atom stereocenters. The van der Waals surface area contributed by atoms with E-state index in [2.05, 4.69) is 4.98 Å². The highest BCUT2D eigenvalue weighted by Gasteiger charge is 2.39. The number of carbonyl (C=O) groups is 3. The second-order valence-electron chi connectivity index (χ2n) is 2.86. The topological polar surface area (TPSA) is 67.3 Å². The van der Waals surface area contributed by atoms with Crippen molar-refractivity contribution >= 4 is 17.7 Å². The predicted molar refractivity (Wildman–Crippen MR) is 45.4 cm³/mol. The molecule has 0 unspecified atom stereocenters. The number of aromatic nitrogens is 1. The van der Waals surface area contributed by atoms with Gasteiger partial charge in [-0.25, -0.2) is 4.90 Å². The molecule has 14 heavy (non-hydrogen) atoms. The van der Waals surface area contributed by atoms with Crippen LogP contribution in [-0.4, -0.2) is 27.6 Å². The van der Waals surface area contributed by atoms with Gasteiger partial charge in [0.05, 0.1) is 5.56 Å². The molecule has 2 heterocycles. The van der Waals surface area contributed by atoms with Crippen LogP contribution < -0.4 is 0 Å². The Hall–Kier alpha value is -2.04. The van der Waals surface area contributed by atoms with Gasteiger partial charge in [-0.15, -0.1) is 0 Å². The Balaban J connectivity index is 2.59. The Labute approximate surface area is 79.3 Å². The molecule has 5 heteroatoms. The molecular formula is C9H6N2O3. The van der Waals surface area contributed by atoms with Gasteiger partial charge in [0.15, 0.2) is 0 Å². The van der Waals surface area contributed by atoms with Crippen molar-refractivity contribution < 1.29 is 14.4 Å². The van der Waals surface area contributed by atoms with Crippen molar-refractivity contribution in [1.29, 1.82) is 0 Å². The number of amides is 3. The van der Waals surface area contributed by atoms with Crippen LogP contribution in [-0.2, 0) is 4.79 Å². The summed E-state index contributed by atoms with van der Waals surface area (Å²) in [4.78, 5) is 38.3. The molecular weight excluding hydrogens is 184 g/mol. The molecule has 0 bridgehead atoms. The zero-order valence-corrected chi connectivity index (χ0v) is 7.35. The first-order valence-electron chi connectivity index (χ1n) is 3.97. The highest BCUT2D eigenvalue weighted by atomic mass is 16.2. The molecule has 0 saturated carbocycles. The summed E-state index contributed by atoms with van der Waals surface area (Å²) in [5, 5.41) is 0. The van der Waals surface area contributed by atoms with Crippen LogP contribution in [0.15, 0.2) is 18.3 Å². The zero-order valence-electron chi connectivity index (χ0n) is 7.35. The number of fused-ring (bicyclic) bond motifs is 1.